The quantitative estimate of drug-likeness (QED) is 0.555. The van der Waals surface area contributed by atoms with Crippen LogP contribution >= 0.6 is 12.2 Å². The highest BCUT2D eigenvalue weighted by molar-refractivity contribution is 7.80. The Labute approximate surface area is 170 Å². The van der Waals surface area contributed by atoms with Crippen LogP contribution in [-0.2, 0) is 6.54 Å². The van der Waals surface area contributed by atoms with Crippen molar-refractivity contribution in [2.75, 3.05) is 18.5 Å². The van der Waals surface area contributed by atoms with Crippen LogP contribution in [0.15, 0.2) is 53.3 Å². The fourth-order valence-corrected chi connectivity index (χ4v) is 3.32. The summed E-state index contributed by atoms with van der Waals surface area (Å²) in [4.78, 5) is 17.4. The molecule has 0 aliphatic carbocycles. The molecule has 0 saturated heterocycles. The van der Waals surface area contributed by atoms with Crippen molar-refractivity contribution < 1.29 is 5.11 Å². The summed E-state index contributed by atoms with van der Waals surface area (Å²) < 4.78 is 0. The molecule has 6 heteroatoms. The van der Waals surface area contributed by atoms with Crippen molar-refractivity contribution >= 4 is 33.9 Å². The molecular formula is C22H25N3O2S. The first-order valence-electron chi connectivity index (χ1n) is 9.32. The van der Waals surface area contributed by atoms with Crippen LogP contribution in [0.25, 0.3) is 10.9 Å². The van der Waals surface area contributed by atoms with Gasteiger partial charge in [-0.05, 0) is 68.2 Å². The summed E-state index contributed by atoms with van der Waals surface area (Å²) in [5.74, 6) is 0. The molecule has 0 spiro atoms. The second-order valence-corrected chi connectivity index (χ2v) is 7.40. The second kappa shape index (κ2) is 8.99. The minimum Gasteiger partial charge on any atom is -0.396 e. The van der Waals surface area contributed by atoms with Crippen LogP contribution in [0, 0.1) is 13.8 Å². The Morgan fingerprint density at radius 2 is 1.82 bits per heavy atom. The molecule has 0 aliphatic heterocycles. The summed E-state index contributed by atoms with van der Waals surface area (Å²) >= 11 is 5.58. The lowest BCUT2D eigenvalue weighted by atomic mass is 10.1. The summed E-state index contributed by atoms with van der Waals surface area (Å²) in [6.07, 6.45) is 0.570. The third-order valence-electron chi connectivity index (χ3n) is 4.61. The lowest BCUT2D eigenvalue weighted by Gasteiger charge is -2.25. The van der Waals surface area contributed by atoms with Crippen LogP contribution < -0.4 is 10.9 Å². The number of aromatic nitrogens is 1. The number of hydrogen-bond acceptors (Lipinski definition) is 3. The lowest BCUT2D eigenvalue weighted by Crippen LogP contribution is -2.37. The number of H-pyrrole nitrogens is 1. The molecule has 0 radical (unpaired) electrons. The average Bonchev–Trinajstić information content (AvgIpc) is 2.67. The SMILES string of the molecule is Cc1ccc(NC(=S)N(CCCO)Cc2cc3cc(C)ccc3[nH]c2=O)cc1. The number of nitrogens with zero attached hydrogens (tertiary/aromatic N) is 1. The molecule has 146 valence electrons. The van der Waals surface area contributed by atoms with Gasteiger partial charge in [0.2, 0.25) is 0 Å². The topological polar surface area (TPSA) is 68.4 Å². The number of anilines is 1. The molecule has 0 aliphatic rings. The molecule has 3 N–H and O–H groups in total. The number of aliphatic hydroxyl groups excluding tert-OH is 1. The summed E-state index contributed by atoms with van der Waals surface area (Å²) in [6.45, 7) is 5.05. The maximum Gasteiger partial charge on any atom is 0.253 e. The highest BCUT2D eigenvalue weighted by Crippen LogP contribution is 2.15. The highest BCUT2D eigenvalue weighted by Gasteiger charge is 2.13. The van der Waals surface area contributed by atoms with Crippen molar-refractivity contribution in [3.05, 3.63) is 75.6 Å². The number of aliphatic hydroxyl groups is 1. The minimum atomic E-state index is -0.122. The van der Waals surface area contributed by atoms with E-state index in [1.807, 2.05) is 61.2 Å². The Kier molecular flexibility index (Phi) is 6.44. The number of aryl methyl sites for hydroxylation is 2. The van der Waals surface area contributed by atoms with Crippen LogP contribution in [0.5, 0.6) is 0 Å². The number of aromatic amines is 1. The van der Waals surface area contributed by atoms with Gasteiger partial charge in [-0.1, -0.05) is 29.3 Å². The van der Waals surface area contributed by atoms with Crippen molar-refractivity contribution in [3.63, 3.8) is 0 Å². The van der Waals surface area contributed by atoms with Gasteiger partial charge in [-0.15, -0.1) is 0 Å². The van der Waals surface area contributed by atoms with Gasteiger partial charge in [0, 0.05) is 29.9 Å². The molecule has 0 atom stereocenters. The van der Waals surface area contributed by atoms with Gasteiger partial charge in [0.25, 0.3) is 5.56 Å². The summed E-state index contributed by atoms with van der Waals surface area (Å²) in [6, 6.07) is 15.8. The minimum absolute atomic E-state index is 0.0664. The Bertz CT molecular complexity index is 1030. The monoisotopic (exact) mass is 395 g/mol. The second-order valence-electron chi connectivity index (χ2n) is 7.01. The molecule has 3 aromatic rings. The fourth-order valence-electron chi connectivity index (χ4n) is 3.05. The van der Waals surface area contributed by atoms with Crippen molar-refractivity contribution in [3.8, 4) is 0 Å². The smallest absolute Gasteiger partial charge is 0.253 e. The van der Waals surface area contributed by atoms with Gasteiger partial charge in [-0.3, -0.25) is 4.79 Å². The molecule has 0 amide bonds. The zero-order chi connectivity index (χ0) is 20.1. The van der Waals surface area contributed by atoms with Gasteiger partial charge in [0.15, 0.2) is 5.11 Å². The normalized spacial score (nSPS) is 10.8. The van der Waals surface area contributed by atoms with E-state index in [4.69, 9.17) is 12.2 Å². The zero-order valence-electron chi connectivity index (χ0n) is 16.2. The summed E-state index contributed by atoms with van der Waals surface area (Å²) in [5, 5.41) is 14.0. The van der Waals surface area contributed by atoms with Crippen LogP contribution in [0.3, 0.4) is 0 Å². The Morgan fingerprint density at radius 3 is 2.54 bits per heavy atom. The summed E-state index contributed by atoms with van der Waals surface area (Å²) in [7, 11) is 0. The predicted octanol–water partition coefficient (Wildman–Crippen LogP) is 3.73. The number of fused-ring (bicyclic) bond motifs is 1. The fraction of sp³-hybridized carbons (Fsp3) is 0.273. The maximum absolute atomic E-state index is 12.6. The van der Waals surface area contributed by atoms with Gasteiger partial charge < -0.3 is 20.3 Å². The van der Waals surface area contributed by atoms with Crippen molar-refractivity contribution in [1.29, 1.82) is 0 Å². The Morgan fingerprint density at radius 1 is 1.11 bits per heavy atom. The van der Waals surface area contributed by atoms with Crippen LogP contribution in [-0.4, -0.2) is 33.3 Å². The largest absolute Gasteiger partial charge is 0.396 e. The third kappa shape index (κ3) is 4.97. The molecule has 2 aromatic carbocycles. The van der Waals surface area contributed by atoms with E-state index in [0.717, 1.165) is 22.2 Å². The Balaban J connectivity index is 1.84. The zero-order valence-corrected chi connectivity index (χ0v) is 17.0. The van der Waals surface area contributed by atoms with E-state index in [1.54, 1.807) is 0 Å². The standard InChI is InChI=1S/C22H25N3O2S/c1-15-4-7-19(8-5-15)23-22(28)25(10-3-11-26)14-18-13-17-12-16(2)6-9-20(17)24-21(18)27/h4-9,12-13,26H,3,10-11,14H2,1-2H3,(H,23,28)(H,24,27). The van der Waals surface area contributed by atoms with Gasteiger partial charge in [0.1, 0.15) is 0 Å². The van der Waals surface area contributed by atoms with Crippen LogP contribution in [0.4, 0.5) is 5.69 Å². The van der Waals surface area contributed by atoms with E-state index in [0.29, 0.717) is 30.2 Å². The number of benzene rings is 2. The number of rotatable bonds is 6. The number of nitrogens with one attached hydrogen (secondary N) is 2. The molecule has 0 unspecified atom stereocenters. The molecule has 3 rings (SSSR count). The first-order valence-corrected chi connectivity index (χ1v) is 9.73. The highest BCUT2D eigenvalue weighted by atomic mass is 32.1. The van der Waals surface area contributed by atoms with Crippen molar-refractivity contribution in [1.82, 2.24) is 9.88 Å². The Hall–Kier alpha value is -2.70. The number of thiocarbonyl (C=S) groups is 1. The van der Waals surface area contributed by atoms with Gasteiger partial charge in [-0.25, -0.2) is 0 Å². The van der Waals surface area contributed by atoms with Crippen LogP contribution in [0.1, 0.15) is 23.1 Å². The van der Waals surface area contributed by atoms with Gasteiger partial charge >= 0.3 is 0 Å². The van der Waals surface area contributed by atoms with E-state index >= 15 is 0 Å². The van der Waals surface area contributed by atoms with Crippen molar-refractivity contribution in [2.45, 2.75) is 26.8 Å². The maximum atomic E-state index is 12.6. The summed E-state index contributed by atoms with van der Waals surface area (Å²) in [5.41, 5.74) is 4.55. The van der Waals surface area contributed by atoms with E-state index < -0.39 is 0 Å². The molecular weight excluding hydrogens is 370 g/mol. The van der Waals surface area contributed by atoms with E-state index in [1.165, 1.54) is 5.56 Å². The van der Waals surface area contributed by atoms with E-state index in [2.05, 4.69) is 16.4 Å². The van der Waals surface area contributed by atoms with E-state index in [-0.39, 0.29) is 12.2 Å². The van der Waals surface area contributed by atoms with Gasteiger partial charge in [-0.2, -0.15) is 0 Å². The molecule has 1 heterocycles. The predicted molar refractivity (Wildman–Crippen MR) is 119 cm³/mol. The third-order valence-corrected chi connectivity index (χ3v) is 4.97. The average molecular weight is 396 g/mol. The number of hydrogen-bond donors (Lipinski definition) is 3. The molecule has 0 fully saturated rings. The molecule has 0 bridgehead atoms. The number of pyridine rings is 1. The van der Waals surface area contributed by atoms with Gasteiger partial charge in [0.05, 0.1) is 6.54 Å². The molecule has 0 saturated carbocycles. The first-order chi connectivity index (χ1) is 13.5. The molecule has 5 nitrogen and oxygen atoms in total. The lowest BCUT2D eigenvalue weighted by molar-refractivity contribution is 0.266. The molecule has 28 heavy (non-hydrogen) atoms. The molecule has 1 aromatic heterocycles. The van der Waals surface area contributed by atoms with E-state index in [9.17, 15) is 9.90 Å². The van der Waals surface area contributed by atoms with Crippen molar-refractivity contribution in [2.24, 2.45) is 0 Å². The first kappa shape index (κ1) is 20.0. The van der Waals surface area contributed by atoms with Crippen LogP contribution in [0.2, 0.25) is 0 Å².